The van der Waals surface area contributed by atoms with Crippen molar-refractivity contribution in [2.75, 3.05) is 6.54 Å². The Bertz CT molecular complexity index is 381. The van der Waals surface area contributed by atoms with Crippen molar-refractivity contribution < 1.29 is 13.2 Å². The van der Waals surface area contributed by atoms with Crippen molar-refractivity contribution in [1.29, 1.82) is 0 Å². The highest BCUT2D eigenvalue weighted by molar-refractivity contribution is 6.30. The Hall–Kier alpha value is -0.750. The van der Waals surface area contributed by atoms with Gasteiger partial charge in [-0.1, -0.05) is 11.6 Å². The van der Waals surface area contributed by atoms with Gasteiger partial charge in [-0.05, 0) is 13.0 Å². The van der Waals surface area contributed by atoms with Crippen molar-refractivity contribution in [1.82, 2.24) is 15.1 Å². The van der Waals surface area contributed by atoms with Crippen molar-refractivity contribution in [3.63, 3.8) is 0 Å². The molecule has 1 aromatic heterocycles. The van der Waals surface area contributed by atoms with Crippen LogP contribution >= 0.6 is 11.6 Å². The minimum atomic E-state index is -4.45. The zero-order valence-corrected chi connectivity index (χ0v) is 8.65. The van der Waals surface area contributed by atoms with Crippen LogP contribution in [-0.4, -0.2) is 16.3 Å². The molecule has 1 N–H and O–H groups in total. The first-order valence-electron chi connectivity index (χ1n) is 4.44. The molecule has 1 atom stereocenters. The largest absolute Gasteiger partial charge is 0.435 e. The number of alkyl halides is 3. The summed E-state index contributed by atoms with van der Waals surface area (Å²) < 4.78 is 38.9. The van der Waals surface area contributed by atoms with Gasteiger partial charge in [0.25, 0.3) is 0 Å². The Morgan fingerprint density at radius 2 is 2.13 bits per heavy atom. The summed E-state index contributed by atoms with van der Waals surface area (Å²) in [4.78, 5) is 0. The number of aromatic nitrogens is 2. The number of rotatable bonds is 1. The van der Waals surface area contributed by atoms with E-state index in [0.717, 1.165) is 4.68 Å². The van der Waals surface area contributed by atoms with Gasteiger partial charge in [0.2, 0.25) is 0 Å². The van der Waals surface area contributed by atoms with Crippen LogP contribution in [0.2, 0.25) is 5.15 Å². The number of nitrogens with zero attached hydrogens (tertiary/aromatic N) is 2. The number of aryl methyl sites for hydroxylation is 1. The van der Waals surface area contributed by atoms with Crippen molar-refractivity contribution >= 4 is 11.6 Å². The second kappa shape index (κ2) is 3.38. The van der Waals surface area contributed by atoms with E-state index in [1.807, 2.05) is 0 Å². The maximum absolute atomic E-state index is 12.6. The zero-order valence-electron chi connectivity index (χ0n) is 7.90. The standard InChI is InChI=1S/C8H9ClF3N3/c1-15-7(9)5(4-2-3-13-4)6(14-15)8(10,11)12/h4,13H,2-3H2,1H3. The molecule has 84 valence electrons. The van der Waals surface area contributed by atoms with E-state index in [2.05, 4.69) is 10.4 Å². The maximum atomic E-state index is 12.6. The second-order valence-electron chi connectivity index (χ2n) is 3.47. The quantitative estimate of drug-likeness (QED) is 0.814. The van der Waals surface area contributed by atoms with E-state index in [1.165, 1.54) is 7.05 Å². The molecule has 7 heteroatoms. The van der Waals surface area contributed by atoms with E-state index in [1.54, 1.807) is 0 Å². The predicted octanol–water partition coefficient (Wildman–Crippen LogP) is 2.13. The Balaban J connectivity index is 2.49. The molecule has 0 aromatic carbocycles. The summed E-state index contributed by atoms with van der Waals surface area (Å²) in [5, 5.41) is 6.35. The monoisotopic (exact) mass is 239 g/mol. The first-order valence-corrected chi connectivity index (χ1v) is 4.82. The van der Waals surface area contributed by atoms with Gasteiger partial charge in [-0.3, -0.25) is 4.68 Å². The van der Waals surface area contributed by atoms with Gasteiger partial charge in [-0.15, -0.1) is 0 Å². The van der Waals surface area contributed by atoms with Crippen LogP contribution in [-0.2, 0) is 13.2 Å². The number of halogens is 4. The Labute approximate surface area is 89.2 Å². The molecule has 0 saturated carbocycles. The fourth-order valence-electron chi connectivity index (χ4n) is 1.57. The van der Waals surface area contributed by atoms with E-state index in [4.69, 9.17) is 11.6 Å². The lowest BCUT2D eigenvalue weighted by Gasteiger charge is -2.28. The molecule has 1 aliphatic heterocycles. The average molecular weight is 240 g/mol. The topological polar surface area (TPSA) is 29.9 Å². The molecule has 1 unspecified atom stereocenters. The van der Waals surface area contributed by atoms with E-state index >= 15 is 0 Å². The lowest BCUT2D eigenvalue weighted by atomic mass is 9.98. The van der Waals surface area contributed by atoms with Gasteiger partial charge >= 0.3 is 6.18 Å². The smallest absolute Gasteiger partial charge is 0.310 e. The molecule has 2 rings (SSSR count). The molecule has 0 radical (unpaired) electrons. The molecule has 1 aromatic rings. The Morgan fingerprint density at radius 1 is 1.53 bits per heavy atom. The van der Waals surface area contributed by atoms with Crippen LogP contribution in [0.3, 0.4) is 0 Å². The summed E-state index contributed by atoms with van der Waals surface area (Å²) >= 11 is 5.79. The van der Waals surface area contributed by atoms with Gasteiger partial charge in [0, 0.05) is 18.7 Å². The van der Waals surface area contributed by atoms with Gasteiger partial charge < -0.3 is 5.32 Å². The first-order chi connectivity index (χ1) is 6.91. The molecule has 15 heavy (non-hydrogen) atoms. The van der Waals surface area contributed by atoms with Gasteiger partial charge in [-0.2, -0.15) is 18.3 Å². The summed E-state index contributed by atoms with van der Waals surface area (Å²) in [5.41, 5.74) is -0.815. The molecule has 0 aliphatic carbocycles. The number of nitrogens with one attached hydrogen (secondary N) is 1. The SMILES string of the molecule is Cn1nc(C(F)(F)F)c(C2CCN2)c1Cl. The lowest BCUT2D eigenvalue weighted by Crippen LogP contribution is -2.36. The minimum absolute atomic E-state index is 0.0551. The normalized spacial score (nSPS) is 21.5. The zero-order chi connectivity index (χ0) is 11.2. The van der Waals surface area contributed by atoms with Crippen LogP contribution < -0.4 is 5.32 Å². The molecule has 0 bridgehead atoms. The number of hydrogen-bond acceptors (Lipinski definition) is 2. The summed E-state index contributed by atoms with van der Waals surface area (Å²) in [5.74, 6) is 0. The minimum Gasteiger partial charge on any atom is -0.310 e. The molecule has 3 nitrogen and oxygen atoms in total. The van der Waals surface area contributed by atoms with Crippen LogP contribution in [0.1, 0.15) is 23.7 Å². The Kier molecular flexibility index (Phi) is 2.42. The average Bonchev–Trinajstić information content (AvgIpc) is 2.28. The molecule has 1 aliphatic rings. The summed E-state index contributed by atoms with van der Waals surface area (Å²) in [6.07, 6.45) is -3.79. The number of hydrogen-bond donors (Lipinski definition) is 1. The highest BCUT2D eigenvalue weighted by Gasteiger charge is 2.41. The molecule has 1 fully saturated rings. The third-order valence-corrected chi connectivity index (χ3v) is 2.90. The third kappa shape index (κ3) is 1.72. The highest BCUT2D eigenvalue weighted by atomic mass is 35.5. The molecular weight excluding hydrogens is 231 g/mol. The van der Waals surface area contributed by atoms with Crippen molar-refractivity contribution in [3.05, 3.63) is 16.4 Å². The summed E-state index contributed by atoms with van der Waals surface area (Å²) in [6, 6.07) is -0.317. The van der Waals surface area contributed by atoms with Gasteiger partial charge in [0.05, 0.1) is 0 Å². The third-order valence-electron chi connectivity index (χ3n) is 2.45. The highest BCUT2D eigenvalue weighted by Crippen LogP contribution is 2.39. The predicted molar refractivity (Wildman–Crippen MR) is 48.6 cm³/mol. The lowest BCUT2D eigenvalue weighted by molar-refractivity contribution is -0.142. The van der Waals surface area contributed by atoms with Crippen LogP contribution in [0.25, 0.3) is 0 Å². The fraction of sp³-hybridized carbons (Fsp3) is 0.625. The van der Waals surface area contributed by atoms with Crippen LogP contribution in [0.15, 0.2) is 0 Å². The molecule has 2 heterocycles. The van der Waals surface area contributed by atoms with E-state index in [-0.39, 0.29) is 16.8 Å². The second-order valence-corrected chi connectivity index (χ2v) is 3.83. The van der Waals surface area contributed by atoms with E-state index < -0.39 is 11.9 Å². The van der Waals surface area contributed by atoms with Crippen LogP contribution in [0.4, 0.5) is 13.2 Å². The van der Waals surface area contributed by atoms with E-state index in [9.17, 15) is 13.2 Å². The van der Waals surface area contributed by atoms with E-state index in [0.29, 0.717) is 13.0 Å². The molecule has 0 amide bonds. The summed E-state index contributed by atoms with van der Waals surface area (Å²) in [7, 11) is 1.40. The molecule has 0 spiro atoms. The van der Waals surface area contributed by atoms with Crippen molar-refractivity contribution in [2.24, 2.45) is 7.05 Å². The molecule has 1 saturated heterocycles. The first kappa shape index (κ1) is 10.8. The molecular formula is C8H9ClF3N3. The van der Waals surface area contributed by atoms with Crippen molar-refractivity contribution in [3.8, 4) is 0 Å². The Morgan fingerprint density at radius 3 is 2.53 bits per heavy atom. The van der Waals surface area contributed by atoms with Gasteiger partial charge in [0.15, 0.2) is 5.69 Å². The van der Waals surface area contributed by atoms with Gasteiger partial charge in [0.1, 0.15) is 5.15 Å². The van der Waals surface area contributed by atoms with Crippen molar-refractivity contribution in [2.45, 2.75) is 18.6 Å². The fourth-order valence-corrected chi connectivity index (χ4v) is 1.83. The van der Waals surface area contributed by atoms with Crippen LogP contribution in [0.5, 0.6) is 0 Å². The maximum Gasteiger partial charge on any atom is 0.435 e. The summed E-state index contributed by atoms with van der Waals surface area (Å²) in [6.45, 7) is 0.715. The van der Waals surface area contributed by atoms with Crippen LogP contribution in [0, 0.1) is 0 Å². The van der Waals surface area contributed by atoms with Gasteiger partial charge in [-0.25, -0.2) is 0 Å².